The highest BCUT2D eigenvalue weighted by Crippen LogP contribution is 2.39. The van der Waals surface area contributed by atoms with Crippen molar-refractivity contribution >= 4 is 10.8 Å². The molecule has 0 aromatic heterocycles. The summed E-state index contributed by atoms with van der Waals surface area (Å²) in [5.74, 6) is 1.31. The lowest BCUT2D eigenvalue weighted by molar-refractivity contribution is 0.315. The van der Waals surface area contributed by atoms with Gasteiger partial charge in [-0.2, -0.15) is 0 Å². The molecule has 0 amide bonds. The van der Waals surface area contributed by atoms with Crippen molar-refractivity contribution in [2.45, 2.75) is 77.6 Å². The van der Waals surface area contributed by atoms with Crippen LogP contribution in [0.15, 0.2) is 30.3 Å². The minimum absolute atomic E-state index is 0.0348. The maximum absolute atomic E-state index is 15.1. The summed E-state index contributed by atoms with van der Waals surface area (Å²) in [7, 11) is 0. The molecule has 1 aliphatic rings. The van der Waals surface area contributed by atoms with E-state index in [0.717, 1.165) is 41.5 Å². The van der Waals surface area contributed by atoms with Gasteiger partial charge in [-0.1, -0.05) is 63.4 Å². The number of rotatable bonds is 6. The second kappa shape index (κ2) is 8.14. The minimum atomic E-state index is 0.0348. The maximum atomic E-state index is 15.1. The molecule has 3 rings (SSSR count). The Morgan fingerprint density at radius 2 is 1.75 bits per heavy atom. The second-order valence-electron chi connectivity index (χ2n) is 7.61. The van der Waals surface area contributed by atoms with Gasteiger partial charge >= 0.3 is 0 Å². The van der Waals surface area contributed by atoms with Crippen LogP contribution in [0.4, 0.5) is 4.39 Å². The summed E-state index contributed by atoms with van der Waals surface area (Å²) >= 11 is 0. The van der Waals surface area contributed by atoms with Gasteiger partial charge in [0.1, 0.15) is 5.82 Å². The van der Waals surface area contributed by atoms with Gasteiger partial charge in [0.2, 0.25) is 0 Å². The van der Waals surface area contributed by atoms with Gasteiger partial charge in [-0.15, -0.1) is 0 Å². The molecule has 2 aromatic rings. The van der Waals surface area contributed by atoms with Crippen LogP contribution in [0, 0.1) is 11.7 Å². The lowest BCUT2D eigenvalue weighted by atomic mass is 9.77. The largest absolute Gasteiger partial charge is 0.206 e. The van der Waals surface area contributed by atoms with Crippen LogP contribution in [-0.2, 0) is 6.42 Å². The molecular weight excluding hydrogens is 295 g/mol. The Labute approximate surface area is 146 Å². The van der Waals surface area contributed by atoms with E-state index in [1.807, 2.05) is 6.07 Å². The van der Waals surface area contributed by atoms with Gasteiger partial charge in [0.15, 0.2) is 0 Å². The van der Waals surface area contributed by atoms with E-state index in [4.69, 9.17) is 0 Å². The number of halogens is 1. The molecule has 0 heterocycles. The van der Waals surface area contributed by atoms with Crippen LogP contribution in [0.3, 0.4) is 0 Å². The van der Waals surface area contributed by atoms with Crippen molar-refractivity contribution in [1.82, 2.24) is 0 Å². The van der Waals surface area contributed by atoms with Gasteiger partial charge in [-0.3, -0.25) is 0 Å². The molecule has 130 valence electrons. The number of aryl methyl sites for hydroxylation is 1. The summed E-state index contributed by atoms with van der Waals surface area (Å²) in [5.41, 5.74) is 2.29. The van der Waals surface area contributed by atoms with Crippen molar-refractivity contribution in [1.29, 1.82) is 0 Å². The topological polar surface area (TPSA) is 0 Å². The molecule has 1 fully saturated rings. The van der Waals surface area contributed by atoms with E-state index in [2.05, 4.69) is 38.1 Å². The Hall–Kier alpha value is -1.37. The van der Waals surface area contributed by atoms with Crippen molar-refractivity contribution in [3.63, 3.8) is 0 Å². The first kappa shape index (κ1) is 17.5. The fourth-order valence-electron chi connectivity index (χ4n) is 4.29. The molecule has 1 aliphatic carbocycles. The first-order valence-corrected chi connectivity index (χ1v) is 9.94. The van der Waals surface area contributed by atoms with Crippen LogP contribution in [0.5, 0.6) is 0 Å². The summed E-state index contributed by atoms with van der Waals surface area (Å²) in [6.45, 7) is 4.50. The Morgan fingerprint density at radius 3 is 2.46 bits per heavy atom. The zero-order chi connectivity index (χ0) is 16.9. The molecule has 0 bridgehead atoms. The SMILES string of the molecule is CCCCCc1ccc2c(F)c(C3CCC(CC)CC3)ccc2c1. The van der Waals surface area contributed by atoms with Gasteiger partial charge in [0, 0.05) is 5.39 Å². The zero-order valence-electron chi connectivity index (χ0n) is 15.3. The van der Waals surface area contributed by atoms with E-state index in [9.17, 15) is 0 Å². The Kier molecular flexibility index (Phi) is 5.92. The van der Waals surface area contributed by atoms with Crippen LogP contribution < -0.4 is 0 Å². The summed E-state index contributed by atoms with van der Waals surface area (Å²) in [5, 5.41) is 1.87. The van der Waals surface area contributed by atoms with E-state index in [-0.39, 0.29) is 5.82 Å². The molecule has 2 aromatic carbocycles. The second-order valence-corrected chi connectivity index (χ2v) is 7.61. The first-order valence-electron chi connectivity index (χ1n) is 9.94. The molecule has 0 N–H and O–H groups in total. The Balaban J connectivity index is 1.79. The van der Waals surface area contributed by atoms with Gasteiger partial charge < -0.3 is 0 Å². The van der Waals surface area contributed by atoms with E-state index >= 15 is 4.39 Å². The molecule has 0 radical (unpaired) electrons. The fraction of sp³-hybridized carbons (Fsp3) is 0.565. The van der Waals surface area contributed by atoms with E-state index in [0.29, 0.717) is 5.92 Å². The molecule has 0 nitrogen and oxygen atoms in total. The molecule has 0 spiro atoms. The highest BCUT2D eigenvalue weighted by Gasteiger charge is 2.24. The predicted molar refractivity (Wildman–Crippen MR) is 102 cm³/mol. The predicted octanol–water partition coefficient (Wildman–Crippen LogP) is 7.40. The molecule has 0 unspecified atom stereocenters. The van der Waals surface area contributed by atoms with E-state index in [1.165, 1.54) is 44.1 Å². The van der Waals surface area contributed by atoms with Gasteiger partial charge in [0.05, 0.1) is 0 Å². The van der Waals surface area contributed by atoms with E-state index in [1.54, 1.807) is 0 Å². The number of fused-ring (bicyclic) bond motifs is 1. The van der Waals surface area contributed by atoms with E-state index < -0.39 is 0 Å². The standard InChI is InChI=1S/C23H31F/c1-3-5-6-7-18-10-14-22-20(16-18)13-15-21(23(22)24)19-11-8-17(4-2)9-12-19/h10,13-17,19H,3-9,11-12H2,1-2H3. The highest BCUT2D eigenvalue weighted by atomic mass is 19.1. The Morgan fingerprint density at radius 1 is 0.958 bits per heavy atom. The highest BCUT2D eigenvalue weighted by molar-refractivity contribution is 5.84. The van der Waals surface area contributed by atoms with Crippen LogP contribution >= 0.6 is 0 Å². The summed E-state index contributed by atoms with van der Waals surface area (Å²) in [6, 6.07) is 10.5. The lowest BCUT2D eigenvalue weighted by Crippen LogP contribution is -2.13. The molecule has 1 heteroatoms. The third kappa shape index (κ3) is 3.82. The quantitative estimate of drug-likeness (QED) is 0.485. The smallest absolute Gasteiger partial charge is 0.134 e. The van der Waals surface area contributed by atoms with Crippen LogP contribution in [0.2, 0.25) is 0 Å². The fourth-order valence-corrected chi connectivity index (χ4v) is 4.29. The summed E-state index contributed by atoms with van der Waals surface area (Å²) in [4.78, 5) is 0. The average molecular weight is 326 g/mol. The Bertz CT molecular complexity index is 665. The van der Waals surface area contributed by atoms with Gasteiger partial charge in [-0.05, 0) is 66.9 Å². The molecular formula is C23H31F. The zero-order valence-corrected chi connectivity index (χ0v) is 15.3. The summed E-state index contributed by atoms with van der Waals surface area (Å²) < 4.78 is 15.1. The number of benzene rings is 2. The van der Waals surface area contributed by atoms with Crippen molar-refractivity contribution in [3.8, 4) is 0 Å². The van der Waals surface area contributed by atoms with Crippen LogP contribution in [0.1, 0.15) is 82.3 Å². The summed E-state index contributed by atoms with van der Waals surface area (Å²) in [6.07, 6.45) is 10.9. The molecule has 0 aliphatic heterocycles. The number of hydrogen-bond acceptors (Lipinski definition) is 0. The van der Waals surface area contributed by atoms with Gasteiger partial charge in [-0.25, -0.2) is 4.39 Å². The van der Waals surface area contributed by atoms with Crippen LogP contribution in [-0.4, -0.2) is 0 Å². The monoisotopic (exact) mass is 326 g/mol. The third-order valence-electron chi connectivity index (χ3n) is 5.98. The van der Waals surface area contributed by atoms with Crippen molar-refractivity contribution in [3.05, 3.63) is 47.3 Å². The van der Waals surface area contributed by atoms with Crippen LogP contribution in [0.25, 0.3) is 10.8 Å². The maximum Gasteiger partial charge on any atom is 0.134 e. The van der Waals surface area contributed by atoms with Crippen molar-refractivity contribution in [2.75, 3.05) is 0 Å². The van der Waals surface area contributed by atoms with Crippen molar-refractivity contribution in [2.24, 2.45) is 5.92 Å². The number of hydrogen-bond donors (Lipinski definition) is 0. The molecule has 0 saturated heterocycles. The third-order valence-corrected chi connectivity index (χ3v) is 5.98. The minimum Gasteiger partial charge on any atom is -0.206 e. The average Bonchev–Trinajstić information content (AvgIpc) is 2.62. The number of unbranched alkanes of at least 4 members (excludes halogenated alkanes) is 2. The first-order chi connectivity index (χ1) is 11.7. The van der Waals surface area contributed by atoms with Crippen molar-refractivity contribution < 1.29 is 4.39 Å². The normalized spacial score (nSPS) is 21.3. The molecule has 0 atom stereocenters. The lowest BCUT2D eigenvalue weighted by Gasteiger charge is -2.28. The van der Waals surface area contributed by atoms with Gasteiger partial charge in [0.25, 0.3) is 0 Å². The molecule has 1 saturated carbocycles. The molecule has 24 heavy (non-hydrogen) atoms.